The maximum atomic E-state index is 14.7. The molecule has 7 rings (SSSR count). The zero-order valence-corrected chi connectivity index (χ0v) is 25.2. The highest BCUT2D eigenvalue weighted by Gasteiger charge is 2.17. The number of fused-ring (bicyclic) bond motifs is 2. The highest BCUT2D eigenvalue weighted by atomic mass is 19.1. The quantitative estimate of drug-likeness (QED) is 0.158. The van der Waals surface area contributed by atoms with Crippen molar-refractivity contribution in [2.24, 2.45) is 0 Å². The van der Waals surface area contributed by atoms with Crippen molar-refractivity contribution < 1.29 is 9.13 Å². The van der Waals surface area contributed by atoms with Crippen molar-refractivity contribution in [3.63, 3.8) is 0 Å². The van der Waals surface area contributed by atoms with Crippen molar-refractivity contribution in [2.75, 3.05) is 32.5 Å². The zero-order chi connectivity index (χ0) is 30.0. The molecule has 0 saturated heterocycles. The summed E-state index contributed by atoms with van der Waals surface area (Å²) in [5, 5.41) is 13.3. The van der Waals surface area contributed by atoms with E-state index >= 15 is 0 Å². The Balaban J connectivity index is 1.21. The predicted octanol–water partition coefficient (Wildman–Crippen LogP) is 8.26. The topological polar surface area (TPSA) is 81.9 Å². The fraction of sp³-hybridized carbons (Fsp3) is 0.278. The van der Waals surface area contributed by atoms with Crippen LogP contribution in [0, 0.1) is 5.82 Å². The SMILES string of the molecule is CN(C)CCNc1cc(F)cc(-c2cccc3[nH]c(-c4n[nH]c5ccc(-c6cncc(OC7CCCCC7)c6)cc45)cc23)c1. The Labute approximate surface area is 256 Å². The molecular weight excluding hydrogens is 551 g/mol. The number of hydrogen-bond donors (Lipinski definition) is 3. The minimum absolute atomic E-state index is 0.267. The van der Waals surface area contributed by atoms with Gasteiger partial charge in [0, 0.05) is 46.8 Å². The third-order valence-corrected chi connectivity index (χ3v) is 8.48. The van der Waals surface area contributed by atoms with Crippen molar-refractivity contribution in [3.8, 4) is 39.4 Å². The molecule has 0 aliphatic heterocycles. The Morgan fingerprint density at radius 2 is 1.77 bits per heavy atom. The van der Waals surface area contributed by atoms with Crippen LogP contribution >= 0.6 is 0 Å². The van der Waals surface area contributed by atoms with Gasteiger partial charge in [-0.05, 0) is 105 Å². The van der Waals surface area contributed by atoms with Gasteiger partial charge in [-0.15, -0.1) is 0 Å². The van der Waals surface area contributed by atoms with E-state index in [0.717, 1.165) is 92.8 Å². The molecule has 0 atom stereocenters. The fourth-order valence-corrected chi connectivity index (χ4v) is 6.22. The molecular formula is C36H37FN6O. The number of ether oxygens (including phenoxy) is 1. The van der Waals surface area contributed by atoms with Gasteiger partial charge in [0.2, 0.25) is 0 Å². The summed E-state index contributed by atoms with van der Waals surface area (Å²) in [6, 6.07) is 21.7. The molecule has 3 aromatic carbocycles. The monoisotopic (exact) mass is 588 g/mol. The average Bonchev–Trinajstić information content (AvgIpc) is 3.65. The van der Waals surface area contributed by atoms with Crippen LogP contribution in [0.15, 0.2) is 79.1 Å². The third kappa shape index (κ3) is 5.90. The first-order chi connectivity index (χ1) is 21.5. The number of rotatable bonds is 9. The largest absolute Gasteiger partial charge is 0.489 e. The molecule has 0 unspecified atom stereocenters. The number of nitrogens with zero attached hydrogens (tertiary/aromatic N) is 3. The van der Waals surface area contributed by atoms with Gasteiger partial charge < -0.3 is 19.9 Å². The number of aromatic nitrogens is 4. The molecule has 3 N–H and O–H groups in total. The summed E-state index contributed by atoms with van der Waals surface area (Å²) in [5.41, 5.74) is 8.24. The first kappa shape index (κ1) is 28.1. The average molecular weight is 589 g/mol. The van der Waals surface area contributed by atoms with Crippen LogP contribution in [-0.2, 0) is 0 Å². The summed E-state index contributed by atoms with van der Waals surface area (Å²) in [4.78, 5) is 10.1. The molecule has 0 spiro atoms. The lowest BCUT2D eigenvalue weighted by atomic mass is 9.98. The number of hydrogen-bond acceptors (Lipinski definition) is 5. The van der Waals surface area contributed by atoms with E-state index in [9.17, 15) is 4.39 Å². The Morgan fingerprint density at radius 1 is 0.886 bits per heavy atom. The van der Waals surface area contributed by atoms with E-state index in [2.05, 4.69) is 55.6 Å². The van der Waals surface area contributed by atoms with E-state index in [-0.39, 0.29) is 11.9 Å². The number of pyridine rings is 1. The summed E-state index contributed by atoms with van der Waals surface area (Å²) < 4.78 is 21.0. The number of likely N-dealkylation sites (N-methyl/N-ethyl adjacent to an activating group) is 1. The zero-order valence-electron chi connectivity index (χ0n) is 25.2. The molecule has 224 valence electrons. The van der Waals surface area contributed by atoms with Crippen molar-refractivity contribution in [2.45, 2.75) is 38.2 Å². The van der Waals surface area contributed by atoms with Crippen molar-refractivity contribution in [1.82, 2.24) is 25.1 Å². The van der Waals surface area contributed by atoms with E-state index in [0.29, 0.717) is 0 Å². The normalized spacial score (nSPS) is 14.1. The highest BCUT2D eigenvalue weighted by molar-refractivity contribution is 6.02. The van der Waals surface area contributed by atoms with Crippen molar-refractivity contribution in [3.05, 3.63) is 84.9 Å². The fourth-order valence-electron chi connectivity index (χ4n) is 6.22. The highest BCUT2D eigenvalue weighted by Crippen LogP contribution is 2.36. The standard InChI is InChI=1S/C36H37FN6O/c1-43(2)14-13-39-27-16-24(15-26(37)19-27)30-9-6-10-33-31(30)20-35(40-33)36-32-18-23(11-12-34(32)41-42-36)25-17-29(22-38-21-25)44-28-7-4-3-5-8-28/h6,9-12,15-22,28,39-40H,3-5,7-8,13-14H2,1-2H3,(H,41,42). The first-order valence-corrected chi connectivity index (χ1v) is 15.4. The van der Waals surface area contributed by atoms with Gasteiger partial charge in [0.15, 0.2) is 0 Å². The van der Waals surface area contributed by atoms with Gasteiger partial charge in [0.25, 0.3) is 0 Å². The molecule has 1 aliphatic carbocycles. The van der Waals surface area contributed by atoms with Crippen LogP contribution in [0.1, 0.15) is 32.1 Å². The molecule has 0 amide bonds. The Hall–Kier alpha value is -4.69. The van der Waals surface area contributed by atoms with Crippen molar-refractivity contribution >= 4 is 27.5 Å². The van der Waals surface area contributed by atoms with Gasteiger partial charge in [-0.25, -0.2) is 4.39 Å². The molecule has 0 bridgehead atoms. The lowest BCUT2D eigenvalue weighted by Crippen LogP contribution is -2.20. The Bertz CT molecular complexity index is 1920. The van der Waals surface area contributed by atoms with Crippen LogP contribution in [0.25, 0.3) is 55.4 Å². The number of halogens is 1. The lowest BCUT2D eigenvalue weighted by molar-refractivity contribution is 0.154. The number of H-pyrrole nitrogens is 2. The molecule has 1 saturated carbocycles. The van der Waals surface area contributed by atoms with Crippen LogP contribution in [0.3, 0.4) is 0 Å². The van der Waals surface area contributed by atoms with Gasteiger partial charge in [0.05, 0.1) is 23.5 Å². The van der Waals surface area contributed by atoms with Crippen LogP contribution in [0.5, 0.6) is 5.75 Å². The minimum atomic E-state index is -0.267. The second-order valence-electron chi connectivity index (χ2n) is 12.0. The van der Waals surface area contributed by atoms with Crippen LogP contribution in [-0.4, -0.2) is 58.4 Å². The summed E-state index contributed by atoms with van der Waals surface area (Å²) in [6.45, 7) is 1.59. The third-order valence-electron chi connectivity index (χ3n) is 8.48. The van der Waals surface area contributed by atoms with E-state index in [1.165, 1.54) is 19.3 Å². The molecule has 1 fully saturated rings. The summed E-state index contributed by atoms with van der Waals surface area (Å²) in [6.07, 6.45) is 9.92. The maximum absolute atomic E-state index is 14.7. The predicted molar refractivity (Wildman–Crippen MR) is 177 cm³/mol. The van der Waals surface area contributed by atoms with E-state index in [1.54, 1.807) is 12.1 Å². The first-order valence-electron chi connectivity index (χ1n) is 15.4. The number of benzene rings is 3. The molecule has 6 aromatic rings. The van der Waals surface area contributed by atoms with Gasteiger partial charge in [-0.3, -0.25) is 10.1 Å². The van der Waals surface area contributed by atoms with Crippen molar-refractivity contribution in [1.29, 1.82) is 0 Å². The summed E-state index contributed by atoms with van der Waals surface area (Å²) in [5.74, 6) is 0.551. The molecule has 0 radical (unpaired) electrons. The summed E-state index contributed by atoms with van der Waals surface area (Å²) >= 11 is 0. The van der Waals surface area contributed by atoms with E-state index < -0.39 is 0 Å². The molecule has 1 aliphatic rings. The molecule has 3 heterocycles. The molecule has 7 nitrogen and oxygen atoms in total. The second kappa shape index (κ2) is 12.1. The molecule has 3 aromatic heterocycles. The number of anilines is 1. The van der Waals surface area contributed by atoms with E-state index in [1.807, 2.05) is 50.8 Å². The molecule has 44 heavy (non-hydrogen) atoms. The van der Waals surface area contributed by atoms with Crippen LogP contribution in [0.2, 0.25) is 0 Å². The second-order valence-corrected chi connectivity index (χ2v) is 12.0. The Morgan fingerprint density at radius 3 is 2.64 bits per heavy atom. The van der Waals surface area contributed by atoms with Crippen LogP contribution in [0.4, 0.5) is 10.1 Å². The van der Waals surface area contributed by atoms with Gasteiger partial charge in [-0.1, -0.05) is 24.6 Å². The smallest absolute Gasteiger partial charge is 0.138 e. The maximum Gasteiger partial charge on any atom is 0.138 e. The van der Waals surface area contributed by atoms with Gasteiger partial charge in [0.1, 0.15) is 17.3 Å². The minimum Gasteiger partial charge on any atom is -0.489 e. The van der Waals surface area contributed by atoms with E-state index in [4.69, 9.17) is 9.84 Å². The Kier molecular flexibility index (Phi) is 7.75. The number of nitrogens with one attached hydrogen (secondary N) is 3. The molecule has 8 heteroatoms. The van der Waals surface area contributed by atoms with Crippen LogP contribution < -0.4 is 10.1 Å². The number of aromatic amines is 2. The van der Waals surface area contributed by atoms with Gasteiger partial charge >= 0.3 is 0 Å². The summed E-state index contributed by atoms with van der Waals surface area (Å²) in [7, 11) is 4.04. The van der Waals surface area contributed by atoms with Gasteiger partial charge in [-0.2, -0.15) is 5.10 Å². The lowest BCUT2D eigenvalue weighted by Gasteiger charge is -2.23.